The first-order valence-electron chi connectivity index (χ1n) is 9.29. The second-order valence-corrected chi connectivity index (χ2v) is 8.97. The molecule has 0 saturated heterocycles. The largest absolute Gasteiger partial charge is 0.397 e. The summed E-state index contributed by atoms with van der Waals surface area (Å²) in [5, 5.41) is 0. The lowest BCUT2D eigenvalue weighted by atomic mass is 9.73. The van der Waals surface area contributed by atoms with Crippen LogP contribution in [0.5, 0.6) is 0 Å². The summed E-state index contributed by atoms with van der Waals surface area (Å²) in [5.74, 6) is -1.27. The summed E-state index contributed by atoms with van der Waals surface area (Å²) in [7, 11) is -4.83. The van der Waals surface area contributed by atoms with Gasteiger partial charge in [-0.2, -0.15) is 8.42 Å². The van der Waals surface area contributed by atoms with Gasteiger partial charge in [0.15, 0.2) is 11.6 Å². The topological polar surface area (TPSA) is 167 Å². The van der Waals surface area contributed by atoms with Gasteiger partial charge in [0.1, 0.15) is 4.90 Å². The summed E-state index contributed by atoms with van der Waals surface area (Å²) in [4.78, 5) is 25.8. The molecule has 4 rings (SSSR count). The van der Waals surface area contributed by atoms with E-state index < -0.39 is 32.3 Å². The van der Waals surface area contributed by atoms with Gasteiger partial charge in [0.05, 0.1) is 16.9 Å². The molecule has 0 radical (unpaired) electrons. The summed E-state index contributed by atoms with van der Waals surface area (Å²) < 4.78 is 33.9. The third-order valence-electron chi connectivity index (χ3n) is 5.88. The van der Waals surface area contributed by atoms with Crippen LogP contribution in [0.25, 0.3) is 0 Å². The number of nitrogen functional groups attached to an aromatic ring is 2. The second-order valence-electron chi connectivity index (χ2n) is 7.61. The van der Waals surface area contributed by atoms with Crippen LogP contribution in [0.3, 0.4) is 0 Å². The highest BCUT2D eigenvalue weighted by Crippen LogP contribution is 2.46. The molecular formula is C20H21N3O5S. The van der Waals surface area contributed by atoms with Crippen LogP contribution in [0, 0.1) is 0 Å². The molecule has 0 unspecified atom stereocenters. The molecule has 0 heterocycles. The highest BCUT2D eigenvalue weighted by molar-refractivity contribution is 7.86. The zero-order valence-corrected chi connectivity index (χ0v) is 16.3. The minimum absolute atomic E-state index is 0.0104. The van der Waals surface area contributed by atoms with E-state index in [0.717, 1.165) is 0 Å². The van der Waals surface area contributed by atoms with E-state index in [4.69, 9.17) is 17.2 Å². The van der Waals surface area contributed by atoms with Gasteiger partial charge in [-0.3, -0.25) is 14.1 Å². The fourth-order valence-electron chi connectivity index (χ4n) is 4.51. The Bertz CT molecular complexity index is 1170. The fourth-order valence-corrected chi connectivity index (χ4v) is 5.28. The van der Waals surface area contributed by atoms with Crippen molar-refractivity contribution in [3.63, 3.8) is 0 Å². The molecule has 2 aromatic carbocycles. The number of hydrogen-bond donors (Lipinski definition) is 4. The standard InChI is InChI=1S/C20H21N3O5S/c21-10-7-5-9(6-8-10)13-14-15(17(23)20(16(13)22)29(26,27)28)19(25)12-4-2-1-3-11(12)18(14)24/h1-4,9-10H,5-8,21-23H2,(H,26,27,28). The highest BCUT2D eigenvalue weighted by Gasteiger charge is 2.40. The molecule has 8 nitrogen and oxygen atoms in total. The quantitative estimate of drug-likeness (QED) is 0.363. The summed E-state index contributed by atoms with van der Waals surface area (Å²) >= 11 is 0. The first-order valence-corrected chi connectivity index (χ1v) is 10.7. The van der Waals surface area contributed by atoms with E-state index in [1.165, 1.54) is 6.07 Å². The monoisotopic (exact) mass is 415 g/mol. The third kappa shape index (κ3) is 2.93. The molecule has 1 fully saturated rings. The van der Waals surface area contributed by atoms with Crippen LogP contribution in [-0.2, 0) is 10.1 Å². The average molecular weight is 415 g/mol. The molecule has 2 aliphatic rings. The molecule has 1 saturated carbocycles. The Labute approximate surface area is 167 Å². The van der Waals surface area contributed by atoms with Gasteiger partial charge >= 0.3 is 0 Å². The maximum Gasteiger partial charge on any atom is 0.298 e. The van der Waals surface area contributed by atoms with E-state index in [0.29, 0.717) is 25.7 Å². The van der Waals surface area contributed by atoms with Gasteiger partial charge in [-0.15, -0.1) is 0 Å². The number of benzene rings is 2. The van der Waals surface area contributed by atoms with Crippen LogP contribution in [0.4, 0.5) is 11.4 Å². The highest BCUT2D eigenvalue weighted by atomic mass is 32.2. The predicted octanol–water partition coefficient (Wildman–Crippen LogP) is 1.86. The van der Waals surface area contributed by atoms with E-state index in [2.05, 4.69) is 0 Å². The third-order valence-corrected chi connectivity index (χ3v) is 6.83. The Morgan fingerprint density at radius 3 is 1.90 bits per heavy atom. The number of fused-ring (bicyclic) bond motifs is 2. The lowest BCUT2D eigenvalue weighted by molar-refractivity contribution is 0.0978. The molecule has 2 aromatic rings. The Hall–Kier alpha value is -2.75. The van der Waals surface area contributed by atoms with Gasteiger partial charge < -0.3 is 17.2 Å². The van der Waals surface area contributed by atoms with E-state index >= 15 is 0 Å². The normalized spacial score (nSPS) is 21.6. The SMILES string of the molecule is Nc1c2c(c(C3CCC(N)CC3)c(N)c1S(=O)(=O)O)C(=O)c1ccccc1C2=O. The van der Waals surface area contributed by atoms with Gasteiger partial charge in [0.25, 0.3) is 10.1 Å². The molecule has 29 heavy (non-hydrogen) atoms. The van der Waals surface area contributed by atoms with Crippen molar-refractivity contribution in [3.8, 4) is 0 Å². The maximum absolute atomic E-state index is 13.3. The number of ketones is 2. The average Bonchev–Trinajstić information content (AvgIpc) is 2.66. The maximum atomic E-state index is 13.3. The van der Waals surface area contributed by atoms with Gasteiger partial charge in [-0.1, -0.05) is 24.3 Å². The fraction of sp³-hybridized carbons (Fsp3) is 0.300. The first kappa shape index (κ1) is 19.6. The zero-order valence-electron chi connectivity index (χ0n) is 15.5. The molecule has 0 aliphatic heterocycles. The predicted molar refractivity (Wildman–Crippen MR) is 108 cm³/mol. The van der Waals surface area contributed by atoms with Crippen molar-refractivity contribution in [3.05, 3.63) is 52.1 Å². The van der Waals surface area contributed by atoms with Crippen molar-refractivity contribution in [1.82, 2.24) is 0 Å². The van der Waals surface area contributed by atoms with Crippen molar-refractivity contribution >= 4 is 33.1 Å². The molecule has 0 spiro atoms. The molecule has 9 heteroatoms. The van der Waals surface area contributed by atoms with E-state index in [-0.39, 0.29) is 45.5 Å². The summed E-state index contributed by atoms with van der Waals surface area (Å²) in [5.41, 5.74) is 17.8. The Morgan fingerprint density at radius 1 is 0.862 bits per heavy atom. The van der Waals surface area contributed by atoms with Gasteiger partial charge in [0, 0.05) is 22.7 Å². The van der Waals surface area contributed by atoms with E-state index in [9.17, 15) is 22.6 Å². The Kier molecular flexibility index (Phi) is 4.49. The van der Waals surface area contributed by atoms with Crippen LogP contribution in [0.15, 0.2) is 29.2 Å². The van der Waals surface area contributed by atoms with Crippen molar-refractivity contribution in [2.75, 3.05) is 11.5 Å². The minimum atomic E-state index is -4.83. The Morgan fingerprint density at radius 2 is 1.38 bits per heavy atom. The summed E-state index contributed by atoms with van der Waals surface area (Å²) in [6, 6.07) is 6.29. The molecule has 7 N–H and O–H groups in total. The molecule has 2 aliphatic carbocycles. The molecule has 0 aromatic heterocycles. The molecule has 0 atom stereocenters. The molecule has 0 amide bonds. The van der Waals surface area contributed by atoms with Gasteiger partial charge in [-0.05, 0) is 37.2 Å². The van der Waals surface area contributed by atoms with Crippen LogP contribution in [0.1, 0.15) is 69.0 Å². The summed E-state index contributed by atoms with van der Waals surface area (Å²) in [6.07, 6.45) is 2.50. The van der Waals surface area contributed by atoms with Crippen LogP contribution < -0.4 is 17.2 Å². The number of carbonyl (C=O) groups excluding carboxylic acids is 2. The minimum Gasteiger partial charge on any atom is -0.397 e. The lowest BCUT2D eigenvalue weighted by Gasteiger charge is -2.32. The van der Waals surface area contributed by atoms with Crippen molar-refractivity contribution in [2.45, 2.75) is 42.5 Å². The van der Waals surface area contributed by atoms with Crippen molar-refractivity contribution in [1.29, 1.82) is 0 Å². The second kappa shape index (κ2) is 6.65. The van der Waals surface area contributed by atoms with E-state index in [1.54, 1.807) is 18.2 Å². The molecular weight excluding hydrogens is 394 g/mol. The lowest BCUT2D eigenvalue weighted by Crippen LogP contribution is -2.30. The van der Waals surface area contributed by atoms with E-state index in [1.807, 2.05) is 0 Å². The molecule has 0 bridgehead atoms. The van der Waals surface area contributed by atoms with Gasteiger partial charge in [0.2, 0.25) is 0 Å². The van der Waals surface area contributed by atoms with Crippen LogP contribution in [-0.4, -0.2) is 30.6 Å². The number of rotatable bonds is 2. The van der Waals surface area contributed by atoms with Crippen LogP contribution >= 0.6 is 0 Å². The zero-order chi connectivity index (χ0) is 21.1. The smallest absolute Gasteiger partial charge is 0.298 e. The first-order chi connectivity index (χ1) is 13.6. The van der Waals surface area contributed by atoms with Crippen molar-refractivity contribution < 1.29 is 22.6 Å². The molecule has 152 valence electrons. The van der Waals surface area contributed by atoms with Crippen LogP contribution in [0.2, 0.25) is 0 Å². The van der Waals surface area contributed by atoms with Gasteiger partial charge in [-0.25, -0.2) is 0 Å². The number of carbonyl (C=O) groups is 2. The number of anilines is 2. The van der Waals surface area contributed by atoms with Crippen molar-refractivity contribution in [2.24, 2.45) is 5.73 Å². The number of hydrogen-bond acceptors (Lipinski definition) is 7. The number of nitrogens with two attached hydrogens (primary N) is 3. The summed E-state index contributed by atoms with van der Waals surface area (Å²) in [6.45, 7) is 0. The Balaban J connectivity index is 2.08.